The second-order valence-corrected chi connectivity index (χ2v) is 4.84. The van der Waals surface area contributed by atoms with Gasteiger partial charge in [-0.05, 0) is 23.6 Å². The van der Waals surface area contributed by atoms with E-state index in [0.717, 1.165) is 17.9 Å². The van der Waals surface area contributed by atoms with Gasteiger partial charge in [-0.3, -0.25) is 0 Å². The Kier molecular flexibility index (Phi) is 7.48. The molecular weight excluding hydrogens is 244 g/mol. The van der Waals surface area contributed by atoms with Crippen LogP contribution in [0.1, 0.15) is 25.5 Å². The highest BCUT2D eigenvalue weighted by molar-refractivity contribution is 5.29. The number of hydrogen-bond acceptors (Lipinski definition) is 4. The number of benzene rings is 1. The van der Waals surface area contributed by atoms with E-state index in [-0.39, 0.29) is 6.61 Å². The van der Waals surface area contributed by atoms with Crippen molar-refractivity contribution in [2.45, 2.75) is 20.0 Å². The molecule has 0 saturated heterocycles. The molecule has 0 aliphatic rings. The molecule has 1 aromatic carbocycles. The van der Waals surface area contributed by atoms with Crippen LogP contribution in [0.3, 0.4) is 0 Å². The number of aliphatic hydroxyl groups excluding tert-OH is 1. The fraction of sp³-hybridized carbons (Fsp3) is 0.600. The number of aliphatic hydroxyl groups is 1. The molecule has 0 amide bonds. The van der Waals surface area contributed by atoms with Gasteiger partial charge in [-0.2, -0.15) is 0 Å². The van der Waals surface area contributed by atoms with Crippen molar-refractivity contribution < 1.29 is 19.3 Å². The summed E-state index contributed by atoms with van der Waals surface area (Å²) in [5.74, 6) is 1.26. The molecule has 0 fully saturated rings. The van der Waals surface area contributed by atoms with Crippen LogP contribution in [0, 0.1) is 5.92 Å². The van der Waals surface area contributed by atoms with Gasteiger partial charge in [-0.15, -0.1) is 0 Å². The summed E-state index contributed by atoms with van der Waals surface area (Å²) in [6.07, 6.45) is -0.639. The van der Waals surface area contributed by atoms with E-state index >= 15 is 0 Å². The van der Waals surface area contributed by atoms with Crippen molar-refractivity contribution in [2.75, 3.05) is 33.5 Å². The Morgan fingerprint density at radius 2 is 1.79 bits per heavy atom. The third kappa shape index (κ3) is 6.57. The molecule has 108 valence electrons. The molecule has 4 nitrogen and oxygen atoms in total. The first-order chi connectivity index (χ1) is 9.13. The molecule has 0 spiro atoms. The molecule has 0 aromatic heterocycles. The number of hydrogen-bond donors (Lipinski definition) is 1. The van der Waals surface area contributed by atoms with Crippen LogP contribution >= 0.6 is 0 Å². The van der Waals surface area contributed by atoms with Crippen LogP contribution in [0.15, 0.2) is 24.3 Å². The molecule has 1 unspecified atom stereocenters. The largest absolute Gasteiger partial charge is 0.497 e. The molecule has 19 heavy (non-hydrogen) atoms. The Bertz CT molecular complexity index is 352. The average molecular weight is 268 g/mol. The summed E-state index contributed by atoms with van der Waals surface area (Å²) in [6, 6.07) is 7.36. The first-order valence-electron chi connectivity index (χ1n) is 6.61. The van der Waals surface area contributed by atoms with E-state index in [1.807, 2.05) is 24.3 Å². The first kappa shape index (κ1) is 16.0. The Morgan fingerprint density at radius 1 is 1.11 bits per heavy atom. The summed E-state index contributed by atoms with van der Waals surface area (Å²) in [4.78, 5) is 0. The van der Waals surface area contributed by atoms with Crippen molar-refractivity contribution in [3.63, 3.8) is 0 Å². The van der Waals surface area contributed by atoms with Gasteiger partial charge >= 0.3 is 0 Å². The summed E-state index contributed by atoms with van der Waals surface area (Å²) >= 11 is 0. The molecule has 0 heterocycles. The minimum absolute atomic E-state index is 0.262. The lowest BCUT2D eigenvalue weighted by atomic mass is 10.1. The van der Waals surface area contributed by atoms with Crippen molar-refractivity contribution in [3.8, 4) is 5.75 Å². The average Bonchev–Trinajstić information content (AvgIpc) is 2.42. The molecule has 1 N–H and O–H groups in total. The maximum absolute atomic E-state index is 9.96. The van der Waals surface area contributed by atoms with Crippen LogP contribution in [0.2, 0.25) is 0 Å². The highest BCUT2D eigenvalue weighted by Gasteiger charge is 2.08. The molecular formula is C15H24O4. The zero-order valence-corrected chi connectivity index (χ0v) is 12.0. The van der Waals surface area contributed by atoms with Gasteiger partial charge in [-0.1, -0.05) is 26.0 Å². The molecule has 1 atom stereocenters. The van der Waals surface area contributed by atoms with Gasteiger partial charge in [0.05, 0.1) is 26.9 Å². The van der Waals surface area contributed by atoms with Crippen molar-refractivity contribution in [2.24, 2.45) is 5.92 Å². The van der Waals surface area contributed by atoms with Crippen LogP contribution in [-0.4, -0.2) is 38.6 Å². The van der Waals surface area contributed by atoms with E-state index in [2.05, 4.69) is 13.8 Å². The minimum Gasteiger partial charge on any atom is -0.497 e. The van der Waals surface area contributed by atoms with Gasteiger partial charge in [-0.25, -0.2) is 0 Å². The van der Waals surface area contributed by atoms with Gasteiger partial charge < -0.3 is 19.3 Å². The Balaban J connectivity index is 2.21. The first-order valence-corrected chi connectivity index (χ1v) is 6.61. The Morgan fingerprint density at radius 3 is 2.42 bits per heavy atom. The number of ether oxygens (including phenoxy) is 3. The van der Waals surface area contributed by atoms with Crippen molar-refractivity contribution in [3.05, 3.63) is 29.8 Å². The summed E-state index contributed by atoms with van der Waals surface area (Å²) in [7, 11) is 1.61. The second-order valence-electron chi connectivity index (χ2n) is 4.84. The summed E-state index contributed by atoms with van der Waals surface area (Å²) in [6.45, 7) is 6.26. The standard InChI is InChI=1S/C15H24O4/c1-12(2)10-18-7-8-19-11-15(16)13-5-4-6-14(9-13)17-3/h4-6,9,12,15-16H,7-8,10-11H2,1-3H3. The van der Waals surface area contributed by atoms with Crippen LogP contribution in [0.5, 0.6) is 5.75 Å². The normalized spacial score (nSPS) is 12.7. The predicted molar refractivity (Wildman–Crippen MR) is 74.4 cm³/mol. The van der Waals surface area contributed by atoms with Crippen LogP contribution in [0.4, 0.5) is 0 Å². The van der Waals surface area contributed by atoms with E-state index in [9.17, 15) is 5.11 Å². The maximum Gasteiger partial charge on any atom is 0.119 e. The van der Waals surface area contributed by atoms with E-state index < -0.39 is 6.10 Å². The quantitative estimate of drug-likeness (QED) is 0.699. The van der Waals surface area contributed by atoms with Gasteiger partial charge in [0, 0.05) is 6.61 Å². The fourth-order valence-corrected chi connectivity index (χ4v) is 1.58. The fourth-order valence-electron chi connectivity index (χ4n) is 1.58. The lowest BCUT2D eigenvalue weighted by Crippen LogP contribution is -2.12. The molecule has 0 saturated carbocycles. The van der Waals surface area contributed by atoms with Crippen molar-refractivity contribution >= 4 is 0 Å². The van der Waals surface area contributed by atoms with E-state index in [1.165, 1.54) is 0 Å². The Hall–Kier alpha value is -1.10. The number of rotatable bonds is 9. The molecule has 1 aromatic rings. The summed E-state index contributed by atoms with van der Waals surface area (Å²) < 4.78 is 15.9. The molecule has 0 aliphatic heterocycles. The van der Waals surface area contributed by atoms with Gasteiger partial charge in [0.2, 0.25) is 0 Å². The lowest BCUT2D eigenvalue weighted by molar-refractivity contribution is -0.00126. The van der Waals surface area contributed by atoms with E-state index in [4.69, 9.17) is 14.2 Å². The third-order valence-corrected chi connectivity index (χ3v) is 2.58. The SMILES string of the molecule is COc1cccc(C(O)COCCOCC(C)C)c1. The van der Waals surface area contributed by atoms with E-state index in [0.29, 0.717) is 19.1 Å². The second kappa shape index (κ2) is 8.91. The maximum atomic E-state index is 9.96. The summed E-state index contributed by atoms with van der Waals surface area (Å²) in [5.41, 5.74) is 0.794. The minimum atomic E-state index is -0.639. The van der Waals surface area contributed by atoms with Crippen LogP contribution < -0.4 is 4.74 Å². The van der Waals surface area contributed by atoms with Crippen LogP contribution in [-0.2, 0) is 9.47 Å². The van der Waals surface area contributed by atoms with Crippen molar-refractivity contribution in [1.82, 2.24) is 0 Å². The van der Waals surface area contributed by atoms with Gasteiger partial charge in [0.15, 0.2) is 0 Å². The van der Waals surface area contributed by atoms with E-state index in [1.54, 1.807) is 7.11 Å². The monoisotopic (exact) mass is 268 g/mol. The van der Waals surface area contributed by atoms with Crippen LogP contribution in [0.25, 0.3) is 0 Å². The highest BCUT2D eigenvalue weighted by Crippen LogP contribution is 2.19. The van der Waals surface area contributed by atoms with Gasteiger partial charge in [0.25, 0.3) is 0 Å². The summed E-state index contributed by atoms with van der Waals surface area (Å²) in [5, 5.41) is 9.96. The Labute approximate surface area is 115 Å². The molecule has 0 aliphatic carbocycles. The highest BCUT2D eigenvalue weighted by atomic mass is 16.5. The molecule has 1 rings (SSSR count). The topological polar surface area (TPSA) is 47.9 Å². The molecule has 0 radical (unpaired) electrons. The predicted octanol–water partition coefficient (Wildman–Crippen LogP) is 2.42. The third-order valence-electron chi connectivity index (χ3n) is 2.58. The zero-order chi connectivity index (χ0) is 14.1. The molecule has 4 heteroatoms. The molecule has 0 bridgehead atoms. The van der Waals surface area contributed by atoms with Crippen molar-refractivity contribution in [1.29, 1.82) is 0 Å². The smallest absolute Gasteiger partial charge is 0.119 e. The van der Waals surface area contributed by atoms with Gasteiger partial charge in [0.1, 0.15) is 11.9 Å². The lowest BCUT2D eigenvalue weighted by Gasteiger charge is -2.13. The zero-order valence-electron chi connectivity index (χ0n) is 12.0. The number of methoxy groups -OCH3 is 1.